The summed E-state index contributed by atoms with van der Waals surface area (Å²) >= 11 is 1.50. The van der Waals surface area contributed by atoms with E-state index in [1.54, 1.807) is 48.5 Å². The first-order chi connectivity index (χ1) is 25.7. The van der Waals surface area contributed by atoms with E-state index >= 15 is 0 Å². The second-order valence-corrected chi connectivity index (χ2v) is 14.3. The number of benzene rings is 2. The van der Waals surface area contributed by atoms with Gasteiger partial charge in [0.25, 0.3) is 0 Å². The van der Waals surface area contributed by atoms with Crippen LogP contribution in [0, 0.1) is 5.92 Å². The van der Waals surface area contributed by atoms with Gasteiger partial charge < -0.3 is 49.5 Å². The number of amides is 6. The lowest BCUT2D eigenvalue weighted by atomic mass is 10.0. The monoisotopic (exact) mass is 768 g/mol. The van der Waals surface area contributed by atoms with Crippen molar-refractivity contribution in [2.24, 2.45) is 33.8 Å². The second-order valence-electron chi connectivity index (χ2n) is 13.3. The summed E-state index contributed by atoms with van der Waals surface area (Å²) in [5.74, 6) is -3.25. The number of carbonyl (C=O) groups is 6. The first kappa shape index (κ1) is 45.0. The first-order valence-electron chi connectivity index (χ1n) is 17.8. The number of hydrogen-bond donors (Lipinski definition) is 9. The maximum Gasteiger partial charge on any atom is 0.243 e. The van der Waals surface area contributed by atoms with Crippen LogP contribution >= 0.6 is 11.8 Å². The Morgan fingerprint density at radius 1 is 0.685 bits per heavy atom. The lowest BCUT2D eigenvalue weighted by Crippen LogP contribution is -2.58. The highest BCUT2D eigenvalue weighted by molar-refractivity contribution is 7.98. The van der Waals surface area contributed by atoms with Gasteiger partial charge in [-0.1, -0.05) is 74.5 Å². The standard InChI is InChI=1S/C37H56N10O6S/c1-23(2)19-28(35(52)45-27(32(39)49)16-18-54-3)44-31(48)22-43-34(51)29(20-24-11-6-4-7-12-24)47-36(53)30(21-25-13-8-5-9-14-25)46-33(50)26(38)15-10-17-42-37(40)41/h4-9,11-14,23,26-30H,10,15-22,38H2,1-3H3,(H2,39,49)(H,43,51)(H,44,48)(H,45,52)(H,46,50)(H,47,53)(H4,40,41,42)/t26-,27-,28-,29-,30+/m0/s1. The summed E-state index contributed by atoms with van der Waals surface area (Å²) in [6, 6.07) is 12.9. The molecule has 0 spiro atoms. The molecule has 54 heavy (non-hydrogen) atoms. The zero-order chi connectivity index (χ0) is 40.0. The molecular formula is C37H56N10O6S. The molecule has 17 heteroatoms. The number of primary amides is 1. The zero-order valence-electron chi connectivity index (χ0n) is 31.2. The number of nitrogens with zero attached hydrogens (tertiary/aromatic N) is 1. The van der Waals surface area contributed by atoms with Gasteiger partial charge in [-0.25, -0.2) is 0 Å². The van der Waals surface area contributed by atoms with Crippen LogP contribution in [-0.4, -0.2) is 96.7 Å². The predicted octanol–water partition coefficient (Wildman–Crippen LogP) is -0.807. The minimum absolute atomic E-state index is 0.00268. The van der Waals surface area contributed by atoms with Gasteiger partial charge in [0.05, 0.1) is 12.6 Å². The van der Waals surface area contributed by atoms with E-state index < -0.39 is 72.2 Å². The molecule has 0 bridgehead atoms. The first-order valence-corrected chi connectivity index (χ1v) is 19.2. The smallest absolute Gasteiger partial charge is 0.243 e. The summed E-state index contributed by atoms with van der Waals surface area (Å²) in [6.07, 6.45) is 3.33. The summed E-state index contributed by atoms with van der Waals surface area (Å²) < 4.78 is 0. The molecule has 0 fully saturated rings. The Hall–Kier alpha value is -5.16. The van der Waals surface area contributed by atoms with Crippen molar-refractivity contribution in [2.45, 2.75) is 82.6 Å². The molecule has 2 aromatic rings. The number of hydrogen-bond acceptors (Lipinski definition) is 9. The molecule has 2 aromatic carbocycles. The van der Waals surface area contributed by atoms with Crippen molar-refractivity contribution in [1.82, 2.24) is 26.6 Å². The molecule has 16 nitrogen and oxygen atoms in total. The maximum absolute atomic E-state index is 13.9. The fourth-order valence-electron chi connectivity index (χ4n) is 5.35. The van der Waals surface area contributed by atoms with E-state index in [9.17, 15) is 28.8 Å². The highest BCUT2D eigenvalue weighted by Crippen LogP contribution is 2.10. The molecule has 0 unspecified atom stereocenters. The number of guanidine groups is 1. The Morgan fingerprint density at radius 3 is 1.72 bits per heavy atom. The lowest BCUT2D eigenvalue weighted by molar-refractivity contribution is -0.133. The Balaban J connectivity index is 2.21. The van der Waals surface area contributed by atoms with Gasteiger partial charge in [-0.05, 0) is 54.7 Å². The predicted molar refractivity (Wildman–Crippen MR) is 211 cm³/mol. The van der Waals surface area contributed by atoms with Crippen LogP contribution in [0.25, 0.3) is 0 Å². The molecule has 0 aliphatic heterocycles. The van der Waals surface area contributed by atoms with Crippen LogP contribution in [0.2, 0.25) is 0 Å². The molecule has 296 valence electrons. The third-order valence-electron chi connectivity index (χ3n) is 8.19. The summed E-state index contributed by atoms with van der Waals surface area (Å²) in [7, 11) is 0. The van der Waals surface area contributed by atoms with Gasteiger partial charge in [-0.2, -0.15) is 11.8 Å². The highest BCUT2D eigenvalue weighted by Gasteiger charge is 2.30. The Bertz CT molecular complexity index is 1540. The Kier molecular flexibility index (Phi) is 20.2. The second kappa shape index (κ2) is 24.2. The Morgan fingerprint density at radius 2 is 1.20 bits per heavy atom. The zero-order valence-corrected chi connectivity index (χ0v) is 32.0. The number of aliphatic imine (C=N–C) groups is 1. The molecular weight excluding hydrogens is 713 g/mol. The average Bonchev–Trinajstić information content (AvgIpc) is 3.13. The molecule has 0 aliphatic rings. The van der Waals surface area contributed by atoms with Crippen molar-refractivity contribution < 1.29 is 28.8 Å². The highest BCUT2D eigenvalue weighted by atomic mass is 32.2. The SMILES string of the molecule is CSCC[C@H](NC(=O)[C@H](CC(C)C)NC(=O)CNC(=O)[C@H](Cc1ccccc1)NC(=O)[C@@H](Cc1ccccc1)NC(=O)[C@@H](N)CCCN=C(N)N)C(N)=O. The van der Waals surface area contributed by atoms with Crippen LogP contribution in [0.3, 0.4) is 0 Å². The summed E-state index contributed by atoms with van der Waals surface area (Å²) in [5.41, 5.74) is 23.8. The van der Waals surface area contributed by atoms with Gasteiger partial charge in [0.15, 0.2) is 5.96 Å². The number of nitrogens with two attached hydrogens (primary N) is 4. The molecule has 13 N–H and O–H groups in total. The number of nitrogens with one attached hydrogen (secondary N) is 5. The van der Waals surface area contributed by atoms with E-state index in [1.165, 1.54) is 11.8 Å². The number of carbonyl (C=O) groups excluding carboxylic acids is 6. The molecule has 0 saturated heterocycles. The van der Waals surface area contributed by atoms with Gasteiger partial charge in [-0.15, -0.1) is 0 Å². The van der Waals surface area contributed by atoms with Crippen LogP contribution in [0.5, 0.6) is 0 Å². The van der Waals surface area contributed by atoms with Gasteiger partial charge in [0.2, 0.25) is 35.4 Å². The van der Waals surface area contributed by atoms with Gasteiger partial charge in [-0.3, -0.25) is 33.8 Å². The van der Waals surface area contributed by atoms with E-state index in [1.807, 2.05) is 32.2 Å². The number of rotatable bonds is 24. The van der Waals surface area contributed by atoms with Crippen LogP contribution in [-0.2, 0) is 41.6 Å². The molecule has 5 atom stereocenters. The van der Waals surface area contributed by atoms with Gasteiger partial charge in [0.1, 0.15) is 24.2 Å². The van der Waals surface area contributed by atoms with Crippen molar-refractivity contribution >= 4 is 53.2 Å². The quantitative estimate of drug-likeness (QED) is 0.0364. The fraction of sp³-hybridized carbons (Fsp3) is 0.486. The third kappa shape index (κ3) is 17.6. The average molecular weight is 769 g/mol. The van der Waals surface area contributed by atoms with Crippen molar-refractivity contribution in [3.63, 3.8) is 0 Å². The van der Waals surface area contributed by atoms with E-state index in [2.05, 4.69) is 31.6 Å². The molecule has 0 aromatic heterocycles. The maximum atomic E-state index is 13.9. The lowest BCUT2D eigenvalue weighted by Gasteiger charge is -2.25. The van der Waals surface area contributed by atoms with Crippen LogP contribution in [0.1, 0.15) is 50.7 Å². The van der Waals surface area contributed by atoms with E-state index in [0.29, 0.717) is 18.6 Å². The Labute approximate surface area is 321 Å². The fourth-order valence-corrected chi connectivity index (χ4v) is 5.82. The topological polar surface area (TPSA) is 279 Å². The minimum atomic E-state index is -1.15. The van der Waals surface area contributed by atoms with Crippen molar-refractivity contribution in [3.8, 4) is 0 Å². The molecule has 0 radical (unpaired) electrons. The summed E-state index contributed by atoms with van der Waals surface area (Å²) in [5, 5.41) is 13.3. The summed E-state index contributed by atoms with van der Waals surface area (Å²) in [6.45, 7) is 3.53. The van der Waals surface area contributed by atoms with Crippen LogP contribution in [0.15, 0.2) is 65.7 Å². The molecule has 0 saturated carbocycles. The largest absolute Gasteiger partial charge is 0.370 e. The molecule has 2 rings (SSSR count). The molecule has 0 heterocycles. The normalized spacial score (nSPS) is 13.6. The van der Waals surface area contributed by atoms with E-state index in [4.69, 9.17) is 22.9 Å². The van der Waals surface area contributed by atoms with E-state index in [0.717, 1.165) is 11.1 Å². The van der Waals surface area contributed by atoms with Crippen LogP contribution in [0.4, 0.5) is 0 Å². The van der Waals surface area contributed by atoms with Gasteiger partial charge >= 0.3 is 0 Å². The van der Waals surface area contributed by atoms with E-state index in [-0.39, 0.29) is 44.1 Å². The van der Waals surface area contributed by atoms with Gasteiger partial charge in [0, 0.05) is 19.4 Å². The summed E-state index contributed by atoms with van der Waals surface area (Å²) in [4.78, 5) is 82.7. The van der Waals surface area contributed by atoms with Crippen molar-refractivity contribution in [1.29, 1.82) is 0 Å². The molecule has 0 aliphatic carbocycles. The molecule has 6 amide bonds. The number of thioether (sulfide) groups is 1. The minimum Gasteiger partial charge on any atom is -0.370 e. The third-order valence-corrected chi connectivity index (χ3v) is 8.83. The van der Waals surface area contributed by atoms with Crippen LogP contribution < -0.4 is 49.5 Å². The van der Waals surface area contributed by atoms with Crippen molar-refractivity contribution in [2.75, 3.05) is 25.1 Å². The van der Waals surface area contributed by atoms with Crippen molar-refractivity contribution in [3.05, 3.63) is 71.8 Å².